The lowest BCUT2D eigenvalue weighted by atomic mass is 9.93. The maximum absolute atomic E-state index is 15.3. The first-order chi connectivity index (χ1) is 13.8. The van der Waals surface area contributed by atoms with E-state index < -0.39 is 17.2 Å². The van der Waals surface area contributed by atoms with E-state index in [2.05, 4.69) is 24.1 Å². The molecule has 1 fully saturated rings. The van der Waals surface area contributed by atoms with Crippen molar-refractivity contribution in [2.75, 3.05) is 24.5 Å². The summed E-state index contributed by atoms with van der Waals surface area (Å²) in [7, 11) is 0. The Morgan fingerprint density at radius 2 is 2.14 bits per heavy atom. The van der Waals surface area contributed by atoms with E-state index in [0.29, 0.717) is 29.6 Å². The van der Waals surface area contributed by atoms with E-state index in [-0.39, 0.29) is 17.0 Å². The number of halogens is 1. The molecule has 4 rings (SSSR count). The van der Waals surface area contributed by atoms with Crippen LogP contribution in [0.2, 0.25) is 0 Å². The Hall–Kier alpha value is -2.41. The van der Waals surface area contributed by atoms with Gasteiger partial charge in [0.2, 0.25) is 5.43 Å². The molecular weight excluding hydrogens is 373 g/mol. The molecular formula is C22H28FN3O3. The molecule has 1 aromatic heterocycles. The quantitative estimate of drug-likeness (QED) is 0.805. The number of pyridine rings is 1. The number of carbonyl (C=O) groups is 1. The van der Waals surface area contributed by atoms with Crippen molar-refractivity contribution in [3.05, 3.63) is 39.4 Å². The zero-order valence-electron chi connectivity index (χ0n) is 17.2. The van der Waals surface area contributed by atoms with Crippen LogP contribution in [-0.2, 0) is 6.42 Å². The number of aromatic carboxylic acids is 1. The zero-order chi connectivity index (χ0) is 20.9. The van der Waals surface area contributed by atoms with Crippen LogP contribution in [0.4, 0.5) is 10.1 Å². The van der Waals surface area contributed by atoms with E-state index in [9.17, 15) is 14.7 Å². The Morgan fingerprint density at radius 3 is 2.83 bits per heavy atom. The smallest absolute Gasteiger partial charge is 0.341 e. The van der Waals surface area contributed by atoms with Gasteiger partial charge in [-0.25, -0.2) is 9.18 Å². The van der Waals surface area contributed by atoms with Gasteiger partial charge in [0.05, 0.1) is 11.2 Å². The van der Waals surface area contributed by atoms with Crippen LogP contribution in [0.5, 0.6) is 0 Å². The van der Waals surface area contributed by atoms with Gasteiger partial charge in [0, 0.05) is 42.3 Å². The van der Waals surface area contributed by atoms with Crippen molar-refractivity contribution in [2.24, 2.45) is 5.92 Å². The van der Waals surface area contributed by atoms with Gasteiger partial charge < -0.3 is 19.9 Å². The number of carboxylic acid groups (broad SMARTS) is 1. The minimum atomic E-state index is -1.27. The molecule has 6 nitrogen and oxygen atoms in total. The normalized spacial score (nSPS) is 21.3. The van der Waals surface area contributed by atoms with Crippen molar-refractivity contribution >= 4 is 22.6 Å². The van der Waals surface area contributed by atoms with E-state index in [0.717, 1.165) is 38.0 Å². The molecule has 1 aromatic carbocycles. The van der Waals surface area contributed by atoms with Crippen molar-refractivity contribution in [1.82, 2.24) is 9.88 Å². The van der Waals surface area contributed by atoms with Gasteiger partial charge in [-0.05, 0) is 44.7 Å². The molecule has 0 amide bonds. The molecule has 0 bridgehead atoms. The molecule has 156 valence electrons. The number of aryl methyl sites for hydroxylation is 1. The lowest BCUT2D eigenvalue weighted by Crippen LogP contribution is -2.31. The van der Waals surface area contributed by atoms with Crippen LogP contribution in [0, 0.1) is 11.7 Å². The van der Waals surface area contributed by atoms with Gasteiger partial charge in [-0.3, -0.25) is 4.79 Å². The van der Waals surface area contributed by atoms with Gasteiger partial charge in [0.1, 0.15) is 11.4 Å². The number of nitrogens with zero attached hydrogens (tertiary/aromatic N) is 2. The molecule has 2 atom stereocenters. The molecule has 2 unspecified atom stereocenters. The van der Waals surface area contributed by atoms with E-state index in [1.165, 1.54) is 12.3 Å². The van der Waals surface area contributed by atoms with Gasteiger partial charge >= 0.3 is 5.97 Å². The summed E-state index contributed by atoms with van der Waals surface area (Å²) in [5.74, 6) is -1.24. The second kappa shape index (κ2) is 7.44. The summed E-state index contributed by atoms with van der Waals surface area (Å²) < 4.78 is 17.1. The predicted octanol–water partition coefficient (Wildman–Crippen LogP) is 3.17. The summed E-state index contributed by atoms with van der Waals surface area (Å²) in [5.41, 5.74) is 1.21. The number of benzene rings is 1. The summed E-state index contributed by atoms with van der Waals surface area (Å²) >= 11 is 0. The SMILES string of the molecule is CC(C)NCC1CCN(c2c(F)cc3c(=O)c(C(=O)O)cn4c3c2CCC4C)C1. The van der Waals surface area contributed by atoms with Crippen LogP contribution in [0.1, 0.15) is 55.6 Å². The van der Waals surface area contributed by atoms with Gasteiger partial charge in [-0.15, -0.1) is 0 Å². The molecule has 2 aliphatic rings. The number of hydrogen-bond donors (Lipinski definition) is 2. The third kappa shape index (κ3) is 3.41. The Bertz CT molecular complexity index is 1030. The van der Waals surface area contributed by atoms with Crippen LogP contribution in [0.25, 0.3) is 10.9 Å². The largest absolute Gasteiger partial charge is 0.477 e. The fraction of sp³-hybridized carbons (Fsp3) is 0.545. The molecule has 3 heterocycles. The number of aromatic nitrogens is 1. The summed E-state index contributed by atoms with van der Waals surface area (Å²) in [6.07, 6.45) is 3.90. The van der Waals surface area contributed by atoms with E-state index >= 15 is 4.39 Å². The Balaban J connectivity index is 1.82. The van der Waals surface area contributed by atoms with E-state index in [4.69, 9.17) is 0 Å². The van der Waals surface area contributed by atoms with Gasteiger partial charge in [-0.1, -0.05) is 13.8 Å². The molecule has 0 radical (unpaired) electrons. The second-order valence-electron chi connectivity index (χ2n) is 8.72. The van der Waals surface area contributed by atoms with Crippen LogP contribution in [-0.4, -0.2) is 41.3 Å². The average molecular weight is 401 g/mol. The van der Waals surface area contributed by atoms with Gasteiger partial charge in [0.25, 0.3) is 0 Å². The van der Waals surface area contributed by atoms with Gasteiger partial charge in [-0.2, -0.15) is 0 Å². The molecule has 2 N–H and O–H groups in total. The molecule has 2 aliphatic heterocycles. The third-order valence-corrected chi connectivity index (χ3v) is 6.27. The Labute approximate surface area is 169 Å². The van der Waals surface area contributed by atoms with Crippen molar-refractivity contribution < 1.29 is 14.3 Å². The highest BCUT2D eigenvalue weighted by atomic mass is 19.1. The first-order valence-electron chi connectivity index (χ1n) is 10.4. The van der Waals surface area contributed by atoms with Gasteiger partial charge in [0.15, 0.2) is 0 Å². The lowest BCUT2D eigenvalue weighted by Gasteiger charge is -2.31. The average Bonchev–Trinajstić information content (AvgIpc) is 3.12. The Kier molecular flexibility index (Phi) is 5.11. The Morgan fingerprint density at radius 1 is 1.38 bits per heavy atom. The second-order valence-corrected chi connectivity index (χ2v) is 8.72. The molecule has 0 saturated carbocycles. The van der Waals surface area contributed by atoms with E-state index in [1.807, 2.05) is 11.5 Å². The zero-order valence-corrected chi connectivity index (χ0v) is 17.2. The maximum atomic E-state index is 15.3. The summed E-state index contributed by atoms with van der Waals surface area (Å²) in [4.78, 5) is 26.4. The standard InChI is InChI=1S/C22H28FN3O3/c1-12(2)24-9-14-6-7-25(10-14)20-15-5-4-13(3)26-11-17(22(28)29)21(27)16(19(15)26)8-18(20)23/h8,11-14,24H,4-7,9-10H2,1-3H3,(H,28,29). The van der Waals surface area contributed by atoms with Crippen LogP contribution in [0.15, 0.2) is 17.1 Å². The van der Waals surface area contributed by atoms with Crippen molar-refractivity contribution in [2.45, 2.75) is 52.1 Å². The topological polar surface area (TPSA) is 74.6 Å². The minimum Gasteiger partial charge on any atom is -0.477 e. The molecule has 7 heteroatoms. The minimum absolute atomic E-state index is 0.0589. The van der Waals surface area contributed by atoms with Crippen molar-refractivity contribution in [3.8, 4) is 0 Å². The summed E-state index contributed by atoms with van der Waals surface area (Å²) in [6.45, 7) is 8.71. The van der Waals surface area contributed by atoms with Crippen LogP contribution >= 0.6 is 0 Å². The molecule has 29 heavy (non-hydrogen) atoms. The monoisotopic (exact) mass is 401 g/mol. The number of carboxylic acids is 1. The highest BCUT2D eigenvalue weighted by Gasteiger charge is 2.31. The predicted molar refractivity (Wildman–Crippen MR) is 112 cm³/mol. The van der Waals surface area contributed by atoms with Crippen LogP contribution in [0.3, 0.4) is 0 Å². The summed E-state index contributed by atoms with van der Waals surface area (Å²) in [6, 6.07) is 1.72. The number of hydrogen-bond acceptors (Lipinski definition) is 4. The highest BCUT2D eigenvalue weighted by Crippen LogP contribution is 2.39. The fourth-order valence-electron chi connectivity index (χ4n) is 4.73. The number of nitrogens with one attached hydrogen (secondary N) is 1. The first kappa shape index (κ1) is 19.9. The number of anilines is 1. The maximum Gasteiger partial charge on any atom is 0.341 e. The summed E-state index contributed by atoms with van der Waals surface area (Å²) in [5, 5.41) is 13.0. The molecule has 1 saturated heterocycles. The molecule has 0 aliphatic carbocycles. The first-order valence-corrected chi connectivity index (χ1v) is 10.4. The van der Waals surface area contributed by atoms with Crippen molar-refractivity contribution in [3.63, 3.8) is 0 Å². The van der Waals surface area contributed by atoms with Crippen LogP contribution < -0.4 is 15.6 Å². The van der Waals surface area contributed by atoms with Crippen molar-refractivity contribution in [1.29, 1.82) is 0 Å². The molecule has 0 spiro atoms. The number of rotatable bonds is 5. The third-order valence-electron chi connectivity index (χ3n) is 6.27. The fourth-order valence-corrected chi connectivity index (χ4v) is 4.73. The molecule has 2 aromatic rings. The lowest BCUT2D eigenvalue weighted by molar-refractivity contribution is 0.0694. The van der Waals surface area contributed by atoms with E-state index in [1.54, 1.807) is 0 Å². The highest BCUT2D eigenvalue weighted by molar-refractivity contribution is 5.95.